The second kappa shape index (κ2) is 7.73. The van der Waals surface area contributed by atoms with Gasteiger partial charge in [0.25, 0.3) is 0 Å². The molecule has 2 aromatic carbocycles. The predicted molar refractivity (Wildman–Crippen MR) is 100 cm³/mol. The van der Waals surface area contributed by atoms with Crippen molar-refractivity contribution in [2.24, 2.45) is 0 Å². The summed E-state index contributed by atoms with van der Waals surface area (Å²) >= 11 is 1.60. The van der Waals surface area contributed by atoms with E-state index in [4.69, 9.17) is 5.26 Å². The summed E-state index contributed by atoms with van der Waals surface area (Å²) in [5.74, 6) is -0.0600. The molecule has 0 aliphatic rings. The van der Waals surface area contributed by atoms with Crippen molar-refractivity contribution in [3.63, 3.8) is 0 Å². The van der Waals surface area contributed by atoms with E-state index in [-0.39, 0.29) is 5.91 Å². The number of nitriles is 1. The van der Waals surface area contributed by atoms with Crippen LogP contribution < -0.4 is 5.32 Å². The fourth-order valence-corrected chi connectivity index (χ4v) is 3.40. The van der Waals surface area contributed by atoms with Gasteiger partial charge in [-0.05, 0) is 43.2 Å². The zero-order chi connectivity index (χ0) is 17.6. The first-order chi connectivity index (χ1) is 12.2. The van der Waals surface area contributed by atoms with Crippen molar-refractivity contribution in [1.82, 2.24) is 4.98 Å². The van der Waals surface area contributed by atoms with Gasteiger partial charge in [-0.15, -0.1) is 11.3 Å². The van der Waals surface area contributed by atoms with Crippen molar-refractivity contribution in [3.8, 4) is 16.6 Å². The Bertz CT molecular complexity index is 923. The third-order valence-electron chi connectivity index (χ3n) is 3.83. The summed E-state index contributed by atoms with van der Waals surface area (Å²) in [4.78, 5) is 16.7. The number of hydrogen-bond donors (Lipinski definition) is 1. The van der Waals surface area contributed by atoms with Gasteiger partial charge >= 0.3 is 0 Å². The zero-order valence-corrected chi connectivity index (χ0v) is 14.6. The average molecular weight is 347 g/mol. The van der Waals surface area contributed by atoms with Gasteiger partial charge in [0.15, 0.2) is 0 Å². The maximum atomic E-state index is 12.1. The monoisotopic (exact) mass is 347 g/mol. The summed E-state index contributed by atoms with van der Waals surface area (Å²) in [5.41, 5.74) is 4.54. The maximum Gasteiger partial charge on any atom is 0.224 e. The molecule has 0 saturated carbocycles. The highest BCUT2D eigenvalue weighted by molar-refractivity contribution is 7.13. The van der Waals surface area contributed by atoms with Crippen LogP contribution in [-0.4, -0.2) is 10.9 Å². The number of rotatable bonds is 5. The van der Waals surface area contributed by atoms with Crippen LogP contribution in [0, 0.1) is 18.3 Å². The topological polar surface area (TPSA) is 65.8 Å². The van der Waals surface area contributed by atoms with Crippen molar-refractivity contribution in [2.45, 2.75) is 19.8 Å². The normalized spacial score (nSPS) is 10.2. The molecule has 1 aromatic heterocycles. The van der Waals surface area contributed by atoms with Crippen molar-refractivity contribution < 1.29 is 4.79 Å². The van der Waals surface area contributed by atoms with Crippen molar-refractivity contribution >= 4 is 22.9 Å². The van der Waals surface area contributed by atoms with Gasteiger partial charge in [-0.3, -0.25) is 4.79 Å². The number of thiazole rings is 1. The molecule has 25 heavy (non-hydrogen) atoms. The van der Waals surface area contributed by atoms with Crippen molar-refractivity contribution in [1.29, 1.82) is 5.26 Å². The maximum absolute atomic E-state index is 12.1. The molecule has 0 atom stereocenters. The first kappa shape index (κ1) is 16.9. The van der Waals surface area contributed by atoms with Crippen molar-refractivity contribution in [3.05, 3.63) is 70.7 Å². The molecule has 0 radical (unpaired) electrons. The van der Waals surface area contributed by atoms with E-state index >= 15 is 0 Å². The Morgan fingerprint density at radius 1 is 1.20 bits per heavy atom. The van der Waals surface area contributed by atoms with Crippen LogP contribution in [-0.2, 0) is 11.2 Å². The van der Waals surface area contributed by atoms with Crippen LogP contribution in [0.2, 0.25) is 0 Å². The summed E-state index contributed by atoms with van der Waals surface area (Å²) in [7, 11) is 0. The van der Waals surface area contributed by atoms with E-state index < -0.39 is 0 Å². The molecule has 124 valence electrons. The van der Waals surface area contributed by atoms with E-state index in [0.717, 1.165) is 16.3 Å². The largest absolute Gasteiger partial charge is 0.326 e. The molecule has 0 spiro atoms. The zero-order valence-electron chi connectivity index (χ0n) is 13.8. The lowest BCUT2D eigenvalue weighted by Crippen LogP contribution is -2.12. The Morgan fingerprint density at radius 2 is 1.96 bits per heavy atom. The number of anilines is 1. The minimum Gasteiger partial charge on any atom is -0.326 e. The molecule has 0 bridgehead atoms. The SMILES string of the molecule is Cc1ccccc1-c1nc(CCC(=O)Nc2ccc(C#N)cc2)cs1. The van der Waals surface area contributed by atoms with Gasteiger partial charge in [0.05, 0.1) is 17.3 Å². The number of aryl methyl sites for hydroxylation is 2. The Balaban J connectivity index is 1.57. The highest BCUT2D eigenvalue weighted by Gasteiger charge is 2.09. The Labute approximate surface area is 150 Å². The van der Waals surface area contributed by atoms with E-state index in [1.165, 1.54) is 5.56 Å². The molecule has 0 unspecified atom stereocenters. The van der Waals surface area contributed by atoms with Gasteiger partial charge < -0.3 is 5.32 Å². The summed E-state index contributed by atoms with van der Waals surface area (Å²) in [6, 6.07) is 17.0. The van der Waals surface area contributed by atoms with E-state index in [2.05, 4.69) is 35.4 Å². The number of benzene rings is 2. The Kier molecular flexibility index (Phi) is 5.22. The molecule has 5 heteroatoms. The fourth-order valence-electron chi connectivity index (χ4n) is 2.45. The molecular formula is C20H17N3OS. The first-order valence-corrected chi connectivity index (χ1v) is 8.84. The molecule has 0 aliphatic carbocycles. The highest BCUT2D eigenvalue weighted by Crippen LogP contribution is 2.26. The van der Waals surface area contributed by atoms with E-state index in [0.29, 0.717) is 24.1 Å². The van der Waals surface area contributed by atoms with Crippen LogP contribution in [0.1, 0.15) is 23.2 Å². The molecule has 3 rings (SSSR count). The number of amides is 1. The lowest BCUT2D eigenvalue weighted by Gasteiger charge is -2.04. The standard InChI is InChI=1S/C20H17N3OS/c1-14-4-2-3-5-18(14)20-23-17(13-25-20)10-11-19(24)22-16-8-6-15(12-21)7-9-16/h2-9,13H,10-11H2,1H3,(H,22,24). The quantitative estimate of drug-likeness (QED) is 0.735. The van der Waals surface area contributed by atoms with Crippen LogP contribution in [0.5, 0.6) is 0 Å². The molecule has 0 fully saturated rings. The van der Waals surface area contributed by atoms with Crippen LogP contribution in [0.3, 0.4) is 0 Å². The minimum absolute atomic E-state index is 0.0600. The highest BCUT2D eigenvalue weighted by atomic mass is 32.1. The fraction of sp³-hybridized carbons (Fsp3) is 0.150. The molecule has 0 saturated heterocycles. The summed E-state index contributed by atoms with van der Waals surface area (Å²) in [6.07, 6.45) is 0.974. The average Bonchev–Trinajstić information content (AvgIpc) is 3.10. The minimum atomic E-state index is -0.0600. The van der Waals surface area contributed by atoms with Crippen LogP contribution in [0.25, 0.3) is 10.6 Å². The van der Waals surface area contributed by atoms with E-state index in [9.17, 15) is 4.79 Å². The Hall–Kier alpha value is -2.97. The van der Waals surface area contributed by atoms with Crippen LogP contribution >= 0.6 is 11.3 Å². The van der Waals surface area contributed by atoms with Crippen molar-refractivity contribution in [2.75, 3.05) is 5.32 Å². The Morgan fingerprint density at radius 3 is 2.68 bits per heavy atom. The summed E-state index contributed by atoms with van der Waals surface area (Å²) in [5, 5.41) is 14.6. The summed E-state index contributed by atoms with van der Waals surface area (Å²) in [6.45, 7) is 2.07. The molecule has 1 heterocycles. The first-order valence-electron chi connectivity index (χ1n) is 7.96. The third-order valence-corrected chi connectivity index (χ3v) is 4.76. The van der Waals surface area contributed by atoms with Gasteiger partial charge in [-0.25, -0.2) is 4.98 Å². The van der Waals surface area contributed by atoms with Gasteiger partial charge in [-0.1, -0.05) is 24.3 Å². The molecular weight excluding hydrogens is 330 g/mol. The molecule has 1 amide bonds. The second-order valence-electron chi connectivity index (χ2n) is 5.70. The van der Waals surface area contributed by atoms with Crippen LogP contribution in [0.4, 0.5) is 5.69 Å². The number of carbonyl (C=O) groups is 1. The smallest absolute Gasteiger partial charge is 0.224 e. The molecule has 1 N–H and O–H groups in total. The molecule has 3 aromatic rings. The van der Waals surface area contributed by atoms with E-state index in [1.807, 2.05) is 17.5 Å². The van der Waals surface area contributed by atoms with Gasteiger partial charge in [0.2, 0.25) is 5.91 Å². The van der Waals surface area contributed by atoms with Gasteiger partial charge in [0, 0.05) is 23.1 Å². The molecule has 0 aliphatic heterocycles. The lowest BCUT2D eigenvalue weighted by atomic mass is 10.1. The van der Waals surface area contributed by atoms with Gasteiger partial charge in [-0.2, -0.15) is 5.26 Å². The lowest BCUT2D eigenvalue weighted by molar-refractivity contribution is -0.116. The number of hydrogen-bond acceptors (Lipinski definition) is 4. The number of nitrogens with zero attached hydrogens (tertiary/aromatic N) is 2. The van der Waals surface area contributed by atoms with E-state index in [1.54, 1.807) is 35.6 Å². The van der Waals surface area contributed by atoms with Gasteiger partial charge in [0.1, 0.15) is 5.01 Å². The number of nitrogens with one attached hydrogen (secondary N) is 1. The molecule has 4 nitrogen and oxygen atoms in total. The number of carbonyl (C=O) groups excluding carboxylic acids is 1. The predicted octanol–water partition coefficient (Wildman–Crippen LogP) is 4.56. The number of aromatic nitrogens is 1. The summed E-state index contributed by atoms with van der Waals surface area (Å²) < 4.78 is 0. The van der Waals surface area contributed by atoms with Crippen LogP contribution in [0.15, 0.2) is 53.9 Å². The third kappa shape index (κ3) is 4.31. The second-order valence-corrected chi connectivity index (χ2v) is 6.55.